The fourth-order valence-electron chi connectivity index (χ4n) is 2.29. The van der Waals surface area contributed by atoms with Crippen LogP contribution in [0.15, 0.2) is 41.3 Å². The standard InChI is InChI=1S/C18H22ClNO5S/c1-12(2)25-15-7-5-13(9-17(15)24-4)11-20-26(21,22)18-10-14(19)6-8-16(18)23-3/h5-10,12,20H,11H2,1-4H3. The number of nitrogens with one attached hydrogen (secondary N) is 1. The molecular formula is C18H22ClNO5S. The third kappa shape index (κ3) is 5.03. The molecule has 8 heteroatoms. The molecule has 2 aromatic carbocycles. The summed E-state index contributed by atoms with van der Waals surface area (Å²) in [7, 11) is -0.866. The summed E-state index contributed by atoms with van der Waals surface area (Å²) in [4.78, 5) is -0.0146. The molecule has 6 nitrogen and oxygen atoms in total. The maximum atomic E-state index is 12.6. The third-order valence-corrected chi connectivity index (χ3v) is 5.13. The normalized spacial score (nSPS) is 11.5. The molecule has 0 saturated heterocycles. The van der Waals surface area contributed by atoms with Crippen LogP contribution in [0.3, 0.4) is 0 Å². The van der Waals surface area contributed by atoms with Crippen molar-refractivity contribution in [2.24, 2.45) is 0 Å². The number of rotatable bonds is 8. The summed E-state index contributed by atoms with van der Waals surface area (Å²) in [5.41, 5.74) is 0.725. The lowest BCUT2D eigenvalue weighted by Gasteiger charge is -2.15. The molecule has 0 heterocycles. The monoisotopic (exact) mass is 399 g/mol. The smallest absolute Gasteiger partial charge is 0.244 e. The second-order valence-corrected chi connectivity index (χ2v) is 7.94. The van der Waals surface area contributed by atoms with Crippen LogP contribution in [-0.4, -0.2) is 28.7 Å². The number of ether oxygens (including phenoxy) is 3. The molecular weight excluding hydrogens is 378 g/mol. The van der Waals surface area contributed by atoms with E-state index < -0.39 is 10.0 Å². The maximum Gasteiger partial charge on any atom is 0.244 e. The number of hydrogen-bond donors (Lipinski definition) is 1. The molecule has 2 rings (SSSR count). The van der Waals surface area contributed by atoms with Crippen molar-refractivity contribution in [2.45, 2.75) is 31.4 Å². The van der Waals surface area contributed by atoms with Gasteiger partial charge in [0.2, 0.25) is 10.0 Å². The lowest BCUT2D eigenvalue weighted by atomic mass is 10.2. The van der Waals surface area contributed by atoms with Gasteiger partial charge in [0.15, 0.2) is 11.5 Å². The Bertz CT molecular complexity index is 868. The summed E-state index contributed by atoms with van der Waals surface area (Å²) in [5.74, 6) is 1.36. The molecule has 0 bridgehead atoms. The van der Waals surface area contributed by atoms with E-state index in [0.29, 0.717) is 16.5 Å². The Morgan fingerprint density at radius 1 is 1.00 bits per heavy atom. The Morgan fingerprint density at radius 3 is 2.27 bits per heavy atom. The summed E-state index contributed by atoms with van der Waals surface area (Å²) in [6, 6.07) is 9.69. The average Bonchev–Trinajstić information content (AvgIpc) is 2.60. The Hall–Kier alpha value is -1.96. The fourth-order valence-corrected chi connectivity index (χ4v) is 3.74. The van der Waals surface area contributed by atoms with Crippen molar-refractivity contribution < 1.29 is 22.6 Å². The first-order valence-electron chi connectivity index (χ1n) is 7.93. The summed E-state index contributed by atoms with van der Waals surface area (Å²) >= 11 is 5.92. The van der Waals surface area contributed by atoms with Gasteiger partial charge in [-0.3, -0.25) is 0 Å². The van der Waals surface area contributed by atoms with Gasteiger partial charge in [0.1, 0.15) is 10.6 Å². The van der Waals surface area contributed by atoms with Gasteiger partial charge < -0.3 is 14.2 Å². The lowest BCUT2D eigenvalue weighted by Crippen LogP contribution is -2.23. The molecule has 2 aromatic rings. The first-order chi connectivity index (χ1) is 12.3. The van der Waals surface area contributed by atoms with Crippen molar-refractivity contribution >= 4 is 21.6 Å². The van der Waals surface area contributed by atoms with E-state index in [0.717, 1.165) is 5.56 Å². The number of sulfonamides is 1. The highest BCUT2D eigenvalue weighted by molar-refractivity contribution is 7.89. The predicted molar refractivity (Wildman–Crippen MR) is 101 cm³/mol. The van der Waals surface area contributed by atoms with Crippen LogP contribution in [0.25, 0.3) is 0 Å². The second kappa shape index (κ2) is 8.62. The molecule has 0 spiro atoms. The van der Waals surface area contributed by atoms with Gasteiger partial charge in [0.05, 0.1) is 20.3 Å². The second-order valence-electron chi connectivity index (χ2n) is 5.77. The van der Waals surface area contributed by atoms with Crippen molar-refractivity contribution in [1.29, 1.82) is 0 Å². The third-order valence-electron chi connectivity index (χ3n) is 3.47. The average molecular weight is 400 g/mol. The summed E-state index contributed by atoms with van der Waals surface area (Å²) in [6.07, 6.45) is 0.00328. The predicted octanol–water partition coefficient (Wildman–Crippen LogP) is 3.62. The van der Waals surface area contributed by atoms with Crippen molar-refractivity contribution in [2.75, 3.05) is 14.2 Å². The summed E-state index contributed by atoms with van der Waals surface area (Å²) in [6.45, 7) is 3.91. The molecule has 0 radical (unpaired) electrons. The van der Waals surface area contributed by atoms with Gasteiger partial charge in [-0.25, -0.2) is 13.1 Å². The number of methoxy groups -OCH3 is 2. The number of hydrogen-bond acceptors (Lipinski definition) is 5. The molecule has 26 heavy (non-hydrogen) atoms. The van der Waals surface area contributed by atoms with Gasteiger partial charge in [-0.1, -0.05) is 17.7 Å². The van der Waals surface area contributed by atoms with E-state index >= 15 is 0 Å². The van der Waals surface area contributed by atoms with Gasteiger partial charge in [-0.2, -0.15) is 0 Å². The van der Waals surface area contributed by atoms with E-state index in [1.165, 1.54) is 26.4 Å². The van der Waals surface area contributed by atoms with E-state index in [4.69, 9.17) is 25.8 Å². The Kier molecular flexibility index (Phi) is 6.75. The molecule has 142 valence electrons. The van der Waals surface area contributed by atoms with E-state index in [1.807, 2.05) is 13.8 Å². The van der Waals surface area contributed by atoms with Crippen LogP contribution >= 0.6 is 11.6 Å². The Balaban J connectivity index is 2.21. The van der Waals surface area contributed by atoms with Crippen molar-refractivity contribution in [3.05, 3.63) is 47.0 Å². The van der Waals surface area contributed by atoms with Crippen LogP contribution in [-0.2, 0) is 16.6 Å². The van der Waals surface area contributed by atoms with Crippen molar-refractivity contribution in [3.63, 3.8) is 0 Å². The number of halogens is 1. The highest BCUT2D eigenvalue weighted by atomic mass is 35.5. The summed E-state index contributed by atoms with van der Waals surface area (Å²) in [5, 5.41) is 0.308. The first-order valence-corrected chi connectivity index (χ1v) is 9.79. The Labute approximate surface area is 159 Å². The zero-order valence-electron chi connectivity index (χ0n) is 15.1. The molecule has 1 N–H and O–H groups in total. The highest BCUT2D eigenvalue weighted by Gasteiger charge is 2.20. The van der Waals surface area contributed by atoms with E-state index in [9.17, 15) is 8.42 Å². The van der Waals surface area contributed by atoms with Gasteiger partial charge in [-0.05, 0) is 49.7 Å². The van der Waals surface area contributed by atoms with E-state index in [1.54, 1.807) is 24.3 Å². The zero-order chi connectivity index (χ0) is 19.3. The minimum Gasteiger partial charge on any atom is -0.495 e. The highest BCUT2D eigenvalue weighted by Crippen LogP contribution is 2.30. The van der Waals surface area contributed by atoms with Crippen LogP contribution in [0, 0.1) is 0 Å². The lowest BCUT2D eigenvalue weighted by molar-refractivity contribution is 0.230. The molecule has 0 aliphatic heterocycles. The van der Waals surface area contributed by atoms with Gasteiger partial charge in [0.25, 0.3) is 0 Å². The van der Waals surface area contributed by atoms with Gasteiger partial charge in [0, 0.05) is 11.6 Å². The van der Waals surface area contributed by atoms with Gasteiger partial charge in [-0.15, -0.1) is 0 Å². The van der Waals surface area contributed by atoms with E-state index in [-0.39, 0.29) is 23.3 Å². The first kappa shape index (κ1) is 20.4. The van der Waals surface area contributed by atoms with Crippen LogP contribution < -0.4 is 18.9 Å². The van der Waals surface area contributed by atoms with Crippen LogP contribution in [0.5, 0.6) is 17.2 Å². The molecule has 0 aromatic heterocycles. The molecule has 0 fully saturated rings. The minimum atomic E-state index is -3.80. The molecule has 0 atom stereocenters. The van der Waals surface area contributed by atoms with Crippen LogP contribution in [0.1, 0.15) is 19.4 Å². The summed E-state index contributed by atoms with van der Waals surface area (Å²) < 4.78 is 43.8. The topological polar surface area (TPSA) is 73.9 Å². The largest absolute Gasteiger partial charge is 0.495 e. The number of benzene rings is 2. The minimum absolute atomic E-state index is 0.00328. The quantitative estimate of drug-likeness (QED) is 0.733. The molecule has 0 saturated carbocycles. The van der Waals surface area contributed by atoms with Crippen LogP contribution in [0.4, 0.5) is 0 Å². The Morgan fingerprint density at radius 2 is 1.65 bits per heavy atom. The maximum absolute atomic E-state index is 12.6. The van der Waals surface area contributed by atoms with E-state index in [2.05, 4.69) is 4.72 Å². The van der Waals surface area contributed by atoms with Crippen molar-refractivity contribution in [3.8, 4) is 17.2 Å². The van der Waals surface area contributed by atoms with Gasteiger partial charge >= 0.3 is 0 Å². The fraction of sp³-hybridized carbons (Fsp3) is 0.333. The molecule has 0 aliphatic carbocycles. The zero-order valence-corrected chi connectivity index (χ0v) is 16.6. The van der Waals surface area contributed by atoms with Crippen LogP contribution in [0.2, 0.25) is 5.02 Å². The molecule has 0 amide bonds. The molecule has 0 aliphatic rings. The SMILES string of the molecule is COc1cc(CNS(=O)(=O)c2cc(Cl)ccc2OC)ccc1OC(C)C. The van der Waals surface area contributed by atoms with Crippen molar-refractivity contribution in [1.82, 2.24) is 4.72 Å². The molecule has 0 unspecified atom stereocenters.